The molecule has 1 aromatic rings. The van der Waals surface area contributed by atoms with E-state index >= 15 is 0 Å². The fraction of sp³-hybridized carbons (Fsp3) is 0.562. The molecule has 18 heavy (non-hydrogen) atoms. The van der Waals surface area contributed by atoms with Crippen molar-refractivity contribution < 1.29 is 4.79 Å². The van der Waals surface area contributed by atoms with Gasteiger partial charge in [-0.3, -0.25) is 4.79 Å². The highest BCUT2D eigenvalue weighted by Gasteiger charge is 2.28. The van der Waals surface area contributed by atoms with E-state index in [1.165, 1.54) is 5.56 Å². The molecule has 2 atom stereocenters. The van der Waals surface area contributed by atoms with Crippen LogP contribution in [0.3, 0.4) is 0 Å². The Morgan fingerprint density at radius 1 is 1.17 bits per heavy atom. The lowest BCUT2D eigenvalue weighted by Gasteiger charge is -2.19. The Morgan fingerprint density at radius 2 is 1.78 bits per heavy atom. The second-order valence-electron chi connectivity index (χ2n) is 6.46. The van der Waals surface area contributed by atoms with Crippen LogP contribution in [0.15, 0.2) is 24.3 Å². The molecule has 0 radical (unpaired) electrons. The third-order valence-corrected chi connectivity index (χ3v) is 3.88. The number of hydrogen-bond donors (Lipinski definition) is 1. The van der Waals surface area contributed by atoms with Crippen molar-refractivity contribution in [3.8, 4) is 0 Å². The van der Waals surface area contributed by atoms with Crippen LogP contribution in [-0.2, 0) is 5.41 Å². The zero-order valence-corrected chi connectivity index (χ0v) is 11.6. The van der Waals surface area contributed by atoms with Crippen molar-refractivity contribution in [1.82, 2.24) is 0 Å². The molecule has 98 valence electrons. The van der Waals surface area contributed by atoms with E-state index < -0.39 is 0 Å². The van der Waals surface area contributed by atoms with Crippen molar-refractivity contribution in [2.24, 2.45) is 11.7 Å². The molecule has 0 heterocycles. The van der Waals surface area contributed by atoms with Gasteiger partial charge in [0, 0.05) is 17.5 Å². The monoisotopic (exact) mass is 245 g/mol. The van der Waals surface area contributed by atoms with Crippen LogP contribution < -0.4 is 5.73 Å². The average Bonchev–Trinajstić information content (AvgIpc) is 2.74. The van der Waals surface area contributed by atoms with Crippen molar-refractivity contribution in [1.29, 1.82) is 0 Å². The van der Waals surface area contributed by atoms with Crippen LogP contribution in [0.1, 0.15) is 56.0 Å². The molecule has 2 N–H and O–H groups in total. The molecule has 1 aromatic carbocycles. The first kappa shape index (κ1) is 13.3. The Balaban J connectivity index is 2.12. The summed E-state index contributed by atoms with van der Waals surface area (Å²) < 4.78 is 0. The van der Waals surface area contributed by atoms with Gasteiger partial charge in [0.15, 0.2) is 5.78 Å². The van der Waals surface area contributed by atoms with Gasteiger partial charge in [-0.2, -0.15) is 0 Å². The highest BCUT2D eigenvalue weighted by atomic mass is 16.1. The molecular formula is C16H23NO. The fourth-order valence-electron chi connectivity index (χ4n) is 2.62. The molecule has 0 bridgehead atoms. The smallest absolute Gasteiger partial charge is 0.166 e. The van der Waals surface area contributed by atoms with E-state index in [0.717, 1.165) is 24.8 Å². The minimum atomic E-state index is 0.136. The van der Waals surface area contributed by atoms with E-state index in [4.69, 9.17) is 5.73 Å². The number of nitrogens with two attached hydrogens (primary N) is 1. The SMILES string of the molecule is CC(C)(C)c1ccc(C(=O)C2CCC(N)C2)cc1. The third-order valence-electron chi connectivity index (χ3n) is 3.88. The van der Waals surface area contributed by atoms with Crippen molar-refractivity contribution in [2.45, 2.75) is 51.5 Å². The molecule has 1 fully saturated rings. The lowest BCUT2D eigenvalue weighted by atomic mass is 9.85. The summed E-state index contributed by atoms with van der Waals surface area (Å²) in [5.41, 5.74) is 8.11. The van der Waals surface area contributed by atoms with E-state index in [1.54, 1.807) is 0 Å². The quantitative estimate of drug-likeness (QED) is 0.812. The topological polar surface area (TPSA) is 43.1 Å². The molecule has 1 aliphatic rings. The van der Waals surface area contributed by atoms with Crippen molar-refractivity contribution >= 4 is 5.78 Å². The van der Waals surface area contributed by atoms with Crippen LogP contribution >= 0.6 is 0 Å². The van der Waals surface area contributed by atoms with Crippen LogP contribution in [0, 0.1) is 5.92 Å². The molecular weight excluding hydrogens is 222 g/mol. The van der Waals surface area contributed by atoms with Crippen molar-refractivity contribution in [3.63, 3.8) is 0 Å². The number of Topliss-reactive ketones (excluding diaryl/α,β-unsaturated/α-hetero) is 1. The summed E-state index contributed by atoms with van der Waals surface area (Å²) in [6.07, 6.45) is 2.78. The molecule has 2 unspecified atom stereocenters. The maximum atomic E-state index is 12.3. The molecule has 0 aromatic heterocycles. The van der Waals surface area contributed by atoms with E-state index in [-0.39, 0.29) is 23.2 Å². The number of rotatable bonds is 2. The average molecular weight is 245 g/mol. The van der Waals surface area contributed by atoms with Crippen molar-refractivity contribution in [3.05, 3.63) is 35.4 Å². The van der Waals surface area contributed by atoms with Crippen LogP contribution in [0.5, 0.6) is 0 Å². The molecule has 2 rings (SSSR count). The van der Waals surface area contributed by atoms with E-state index in [1.807, 2.05) is 12.1 Å². The first-order chi connectivity index (χ1) is 8.38. The highest BCUT2D eigenvalue weighted by Crippen LogP contribution is 2.28. The molecule has 2 heteroatoms. The van der Waals surface area contributed by atoms with E-state index in [2.05, 4.69) is 32.9 Å². The Kier molecular flexibility index (Phi) is 3.58. The van der Waals surface area contributed by atoms with Gasteiger partial charge < -0.3 is 5.73 Å². The van der Waals surface area contributed by atoms with Crippen LogP contribution in [-0.4, -0.2) is 11.8 Å². The van der Waals surface area contributed by atoms with Crippen LogP contribution in [0.2, 0.25) is 0 Å². The number of ketones is 1. The second-order valence-corrected chi connectivity index (χ2v) is 6.46. The molecule has 1 saturated carbocycles. The normalized spacial score (nSPS) is 24.2. The summed E-state index contributed by atoms with van der Waals surface area (Å²) in [6.45, 7) is 6.54. The molecule has 1 aliphatic carbocycles. The van der Waals surface area contributed by atoms with Gasteiger partial charge >= 0.3 is 0 Å². The summed E-state index contributed by atoms with van der Waals surface area (Å²) in [6, 6.07) is 8.29. The zero-order valence-electron chi connectivity index (χ0n) is 11.6. The van der Waals surface area contributed by atoms with Gasteiger partial charge in [0.1, 0.15) is 0 Å². The predicted molar refractivity (Wildman–Crippen MR) is 74.8 cm³/mol. The summed E-state index contributed by atoms with van der Waals surface area (Å²) in [5, 5.41) is 0. The van der Waals surface area contributed by atoms with Gasteiger partial charge in [-0.15, -0.1) is 0 Å². The standard InChI is InChI=1S/C16H23NO/c1-16(2,3)13-7-4-11(5-8-13)15(18)12-6-9-14(17)10-12/h4-5,7-8,12,14H,6,9-10,17H2,1-3H3. The number of hydrogen-bond acceptors (Lipinski definition) is 2. The lowest BCUT2D eigenvalue weighted by molar-refractivity contribution is 0.0922. The van der Waals surface area contributed by atoms with E-state index in [9.17, 15) is 4.79 Å². The maximum Gasteiger partial charge on any atom is 0.166 e. The molecule has 2 nitrogen and oxygen atoms in total. The number of carbonyl (C=O) groups is 1. The number of benzene rings is 1. The Hall–Kier alpha value is -1.15. The van der Waals surface area contributed by atoms with Gasteiger partial charge in [-0.05, 0) is 30.2 Å². The molecule has 0 aliphatic heterocycles. The van der Waals surface area contributed by atoms with Crippen LogP contribution in [0.4, 0.5) is 0 Å². The van der Waals surface area contributed by atoms with Gasteiger partial charge in [-0.25, -0.2) is 0 Å². The summed E-state index contributed by atoms with van der Waals surface area (Å²) in [4.78, 5) is 12.3. The Morgan fingerprint density at radius 3 is 2.22 bits per heavy atom. The second kappa shape index (κ2) is 4.85. The summed E-state index contributed by atoms with van der Waals surface area (Å²) in [7, 11) is 0. The van der Waals surface area contributed by atoms with Gasteiger partial charge in [-0.1, -0.05) is 45.0 Å². The summed E-state index contributed by atoms with van der Waals surface area (Å²) in [5.74, 6) is 0.406. The molecule has 0 spiro atoms. The van der Waals surface area contributed by atoms with Gasteiger partial charge in [0.2, 0.25) is 0 Å². The molecule has 0 amide bonds. The number of carbonyl (C=O) groups excluding carboxylic acids is 1. The predicted octanol–water partition coefficient (Wildman–Crippen LogP) is 3.29. The fourth-order valence-corrected chi connectivity index (χ4v) is 2.62. The highest BCUT2D eigenvalue weighted by molar-refractivity contribution is 5.98. The zero-order chi connectivity index (χ0) is 13.3. The van der Waals surface area contributed by atoms with Gasteiger partial charge in [0.25, 0.3) is 0 Å². The van der Waals surface area contributed by atoms with Crippen molar-refractivity contribution in [2.75, 3.05) is 0 Å². The Bertz CT molecular complexity index is 427. The summed E-state index contributed by atoms with van der Waals surface area (Å²) >= 11 is 0. The Labute approximate surface area is 110 Å². The minimum Gasteiger partial charge on any atom is -0.328 e. The minimum absolute atomic E-state index is 0.136. The first-order valence-electron chi connectivity index (χ1n) is 6.78. The third kappa shape index (κ3) is 2.81. The molecule has 0 saturated heterocycles. The first-order valence-corrected chi connectivity index (χ1v) is 6.78. The van der Waals surface area contributed by atoms with E-state index in [0.29, 0.717) is 0 Å². The van der Waals surface area contributed by atoms with Crippen LogP contribution in [0.25, 0.3) is 0 Å². The maximum absolute atomic E-state index is 12.3. The largest absolute Gasteiger partial charge is 0.328 e. The lowest BCUT2D eigenvalue weighted by Crippen LogP contribution is -2.18. The van der Waals surface area contributed by atoms with Gasteiger partial charge in [0.05, 0.1) is 0 Å².